The molecule has 0 aliphatic carbocycles. The number of halogens is 2. The van der Waals surface area contributed by atoms with Gasteiger partial charge in [0.25, 0.3) is 5.91 Å². The monoisotopic (exact) mass is 395 g/mol. The molecule has 0 unspecified atom stereocenters. The van der Waals surface area contributed by atoms with E-state index in [9.17, 15) is 9.18 Å². The van der Waals surface area contributed by atoms with Gasteiger partial charge in [0.1, 0.15) is 18.0 Å². The van der Waals surface area contributed by atoms with Crippen LogP contribution in [0.4, 0.5) is 15.8 Å². The van der Waals surface area contributed by atoms with E-state index in [-0.39, 0.29) is 21.8 Å². The van der Waals surface area contributed by atoms with Crippen molar-refractivity contribution in [2.45, 2.75) is 0 Å². The van der Waals surface area contributed by atoms with E-state index in [4.69, 9.17) is 10.5 Å². The Kier molecular flexibility index (Phi) is 6.16. The van der Waals surface area contributed by atoms with Crippen LogP contribution in [-0.2, 0) is 0 Å². The summed E-state index contributed by atoms with van der Waals surface area (Å²) in [6.07, 6.45) is 0. The van der Waals surface area contributed by atoms with Crippen molar-refractivity contribution in [3.8, 4) is 5.75 Å². The van der Waals surface area contributed by atoms with Crippen molar-refractivity contribution in [2.75, 3.05) is 38.3 Å². The zero-order valence-corrected chi connectivity index (χ0v) is 15.1. The first-order valence-electron chi connectivity index (χ1n) is 7.31. The highest BCUT2D eigenvalue weighted by molar-refractivity contribution is 9.10. The van der Waals surface area contributed by atoms with Crippen molar-refractivity contribution in [3.05, 3.63) is 52.3 Å². The molecule has 0 fully saturated rings. The molecule has 7 heteroatoms. The number of nitrogens with one attached hydrogen (secondary N) is 1. The van der Waals surface area contributed by atoms with Gasteiger partial charge >= 0.3 is 0 Å². The van der Waals surface area contributed by atoms with E-state index < -0.39 is 5.82 Å². The lowest BCUT2D eigenvalue weighted by molar-refractivity contribution is 0.102. The molecule has 0 heterocycles. The quantitative estimate of drug-likeness (QED) is 0.735. The fraction of sp³-hybridized carbons (Fsp3) is 0.235. The third-order valence-corrected chi connectivity index (χ3v) is 3.87. The van der Waals surface area contributed by atoms with Gasteiger partial charge in [-0.15, -0.1) is 0 Å². The summed E-state index contributed by atoms with van der Waals surface area (Å²) in [5.41, 5.74) is 6.23. The normalized spacial score (nSPS) is 10.7. The predicted molar refractivity (Wildman–Crippen MR) is 97.0 cm³/mol. The molecule has 3 N–H and O–H groups in total. The van der Waals surface area contributed by atoms with E-state index in [1.165, 1.54) is 6.07 Å². The van der Waals surface area contributed by atoms with Gasteiger partial charge in [-0.3, -0.25) is 4.79 Å². The molecule has 2 aromatic rings. The summed E-state index contributed by atoms with van der Waals surface area (Å²) in [7, 11) is 3.83. The Morgan fingerprint density at radius 3 is 2.62 bits per heavy atom. The van der Waals surface area contributed by atoms with Gasteiger partial charge in [0, 0.05) is 12.1 Å². The summed E-state index contributed by atoms with van der Waals surface area (Å²) >= 11 is 3.10. The molecule has 2 rings (SSSR count). The minimum absolute atomic E-state index is 0.128. The van der Waals surface area contributed by atoms with Crippen molar-refractivity contribution in [3.63, 3.8) is 0 Å². The maximum atomic E-state index is 14.1. The van der Waals surface area contributed by atoms with Gasteiger partial charge in [-0.2, -0.15) is 0 Å². The molecular formula is C17H19BrFN3O2. The first kappa shape index (κ1) is 18.2. The SMILES string of the molecule is CN(C)CCOc1cc(Br)c(F)c(N)c1NC(=O)c1ccccc1. The Morgan fingerprint density at radius 2 is 2.00 bits per heavy atom. The standard InChI is InChI=1S/C17H19BrFN3O2/c1-22(2)8-9-24-13-10-12(18)14(19)15(20)16(13)21-17(23)11-6-4-3-5-7-11/h3-7,10H,8-9,20H2,1-2H3,(H,21,23). The molecule has 0 aliphatic heterocycles. The minimum atomic E-state index is -0.640. The second-order valence-corrected chi connectivity index (χ2v) is 6.29. The Labute approximate surface area is 148 Å². The van der Waals surface area contributed by atoms with Gasteiger partial charge in [-0.1, -0.05) is 18.2 Å². The number of carbonyl (C=O) groups excluding carboxylic acids is 1. The van der Waals surface area contributed by atoms with E-state index in [0.717, 1.165) is 0 Å². The summed E-state index contributed by atoms with van der Waals surface area (Å²) in [4.78, 5) is 14.3. The first-order valence-corrected chi connectivity index (χ1v) is 8.11. The molecule has 0 atom stereocenters. The summed E-state index contributed by atoms with van der Waals surface area (Å²) in [5.74, 6) is -0.716. The second-order valence-electron chi connectivity index (χ2n) is 5.43. The molecule has 0 spiro atoms. The molecule has 0 bridgehead atoms. The van der Waals surface area contributed by atoms with Crippen molar-refractivity contribution < 1.29 is 13.9 Å². The Morgan fingerprint density at radius 1 is 1.33 bits per heavy atom. The fourth-order valence-electron chi connectivity index (χ4n) is 1.98. The molecule has 0 aromatic heterocycles. The van der Waals surface area contributed by atoms with Crippen LogP contribution >= 0.6 is 15.9 Å². The van der Waals surface area contributed by atoms with Crippen molar-refractivity contribution in [1.29, 1.82) is 0 Å². The lowest BCUT2D eigenvalue weighted by atomic mass is 10.2. The Bertz CT molecular complexity index is 724. The number of nitrogens with two attached hydrogens (primary N) is 1. The lowest BCUT2D eigenvalue weighted by Gasteiger charge is -2.17. The zero-order chi connectivity index (χ0) is 17.7. The lowest BCUT2D eigenvalue weighted by Crippen LogP contribution is -2.20. The van der Waals surface area contributed by atoms with Crippen LogP contribution in [0.5, 0.6) is 5.75 Å². The van der Waals surface area contributed by atoms with E-state index in [1.807, 2.05) is 19.0 Å². The van der Waals surface area contributed by atoms with Gasteiger partial charge in [0.15, 0.2) is 5.82 Å². The van der Waals surface area contributed by atoms with Crippen LogP contribution in [0.3, 0.4) is 0 Å². The number of hydrogen-bond donors (Lipinski definition) is 2. The smallest absolute Gasteiger partial charge is 0.255 e. The van der Waals surface area contributed by atoms with Crippen LogP contribution in [0, 0.1) is 5.82 Å². The van der Waals surface area contributed by atoms with Crippen molar-refractivity contribution >= 4 is 33.2 Å². The number of nitrogen functional groups attached to an aromatic ring is 1. The minimum Gasteiger partial charge on any atom is -0.490 e. The zero-order valence-electron chi connectivity index (χ0n) is 13.5. The van der Waals surface area contributed by atoms with Crippen molar-refractivity contribution in [1.82, 2.24) is 4.90 Å². The number of ether oxygens (including phenoxy) is 1. The molecule has 0 aliphatic rings. The Hall–Kier alpha value is -2.12. The molecular weight excluding hydrogens is 377 g/mol. The highest BCUT2D eigenvalue weighted by Crippen LogP contribution is 2.38. The van der Waals surface area contributed by atoms with Gasteiger partial charge in [0.2, 0.25) is 0 Å². The van der Waals surface area contributed by atoms with Crippen LogP contribution in [0.2, 0.25) is 0 Å². The second kappa shape index (κ2) is 8.12. The highest BCUT2D eigenvalue weighted by Gasteiger charge is 2.19. The van der Waals surface area contributed by atoms with Gasteiger partial charge in [0.05, 0.1) is 10.2 Å². The van der Waals surface area contributed by atoms with E-state index in [0.29, 0.717) is 24.5 Å². The number of benzene rings is 2. The largest absolute Gasteiger partial charge is 0.490 e. The summed E-state index contributed by atoms with van der Waals surface area (Å²) < 4.78 is 19.9. The molecule has 0 saturated heterocycles. The fourth-order valence-corrected chi connectivity index (χ4v) is 2.40. The number of amides is 1. The Balaban J connectivity index is 2.29. The molecule has 5 nitrogen and oxygen atoms in total. The van der Waals surface area contributed by atoms with Gasteiger partial charge in [-0.05, 0) is 48.2 Å². The molecule has 1 amide bonds. The van der Waals surface area contributed by atoms with Crippen LogP contribution in [0.1, 0.15) is 10.4 Å². The topological polar surface area (TPSA) is 67.6 Å². The van der Waals surface area contributed by atoms with Gasteiger partial charge in [-0.25, -0.2) is 4.39 Å². The molecule has 0 radical (unpaired) electrons. The maximum Gasteiger partial charge on any atom is 0.255 e. The van der Waals surface area contributed by atoms with Crippen LogP contribution < -0.4 is 15.8 Å². The molecule has 0 saturated carbocycles. The number of nitrogens with zero attached hydrogens (tertiary/aromatic N) is 1. The first-order chi connectivity index (χ1) is 11.4. The van der Waals surface area contributed by atoms with Gasteiger partial charge < -0.3 is 20.7 Å². The van der Waals surface area contributed by atoms with E-state index in [2.05, 4.69) is 21.2 Å². The molecule has 2 aromatic carbocycles. The number of likely N-dealkylation sites (N-methyl/N-ethyl adjacent to an activating group) is 1. The maximum absolute atomic E-state index is 14.1. The number of carbonyl (C=O) groups is 1. The van der Waals surface area contributed by atoms with E-state index >= 15 is 0 Å². The van der Waals surface area contributed by atoms with Crippen LogP contribution in [-0.4, -0.2) is 38.1 Å². The third-order valence-electron chi connectivity index (χ3n) is 3.29. The summed E-state index contributed by atoms with van der Waals surface area (Å²) in [5, 5.41) is 2.64. The summed E-state index contributed by atoms with van der Waals surface area (Å²) in [6.45, 7) is 1.04. The third kappa shape index (κ3) is 4.46. The van der Waals surface area contributed by atoms with Crippen LogP contribution in [0.15, 0.2) is 40.9 Å². The predicted octanol–water partition coefficient (Wildman–Crippen LogP) is 3.36. The molecule has 24 heavy (non-hydrogen) atoms. The number of hydrogen-bond acceptors (Lipinski definition) is 4. The van der Waals surface area contributed by atoms with Crippen LogP contribution in [0.25, 0.3) is 0 Å². The number of rotatable bonds is 6. The summed E-state index contributed by atoms with van der Waals surface area (Å²) in [6, 6.07) is 10.1. The highest BCUT2D eigenvalue weighted by atomic mass is 79.9. The van der Waals surface area contributed by atoms with Crippen molar-refractivity contribution in [2.24, 2.45) is 0 Å². The number of anilines is 2. The average molecular weight is 396 g/mol. The molecule has 128 valence electrons. The average Bonchev–Trinajstić information content (AvgIpc) is 2.56. The van der Waals surface area contributed by atoms with E-state index in [1.54, 1.807) is 30.3 Å².